The molecule has 5 rings (SSSR count). The number of carboxylic acid groups (broad SMARTS) is 1. The van der Waals surface area contributed by atoms with Crippen LogP contribution >= 0.6 is 0 Å². The zero-order valence-corrected chi connectivity index (χ0v) is 24.1. The van der Waals surface area contributed by atoms with Crippen molar-refractivity contribution in [3.8, 4) is 0 Å². The van der Waals surface area contributed by atoms with Gasteiger partial charge in [0.15, 0.2) is 0 Å². The molecule has 36 heavy (non-hydrogen) atoms. The first-order chi connectivity index (χ1) is 16.5. The van der Waals surface area contributed by atoms with E-state index in [1.165, 1.54) is 12.0 Å². The maximum absolute atomic E-state index is 12.8. The minimum Gasteiger partial charge on any atom is -0.481 e. The molecule has 0 radical (unpaired) electrons. The summed E-state index contributed by atoms with van der Waals surface area (Å²) >= 11 is 0. The van der Waals surface area contributed by atoms with Crippen molar-refractivity contribution in [3.63, 3.8) is 0 Å². The Morgan fingerprint density at radius 2 is 1.56 bits per heavy atom. The second-order valence-electron chi connectivity index (χ2n) is 15.6. The molecule has 4 heteroatoms. The third-order valence-electron chi connectivity index (χ3n) is 13.3. The lowest BCUT2D eigenvalue weighted by atomic mass is 9.33. The summed E-state index contributed by atoms with van der Waals surface area (Å²) in [7, 11) is 0. The SMILES string of the molecule is CC(=O)O[C@H]1CC[C@]2(C)C3CC=C4[C@@H]5CC(C)(C)CC[C@]5(C(=O)O)CC[C@@]4(C)[C@]3(C)CC[C@H]2C1(C)C. The first kappa shape index (κ1) is 26.3. The van der Waals surface area contributed by atoms with Crippen molar-refractivity contribution in [2.24, 2.45) is 50.2 Å². The van der Waals surface area contributed by atoms with Crippen LogP contribution in [0.3, 0.4) is 0 Å². The van der Waals surface area contributed by atoms with Gasteiger partial charge in [-0.15, -0.1) is 0 Å². The highest BCUT2D eigenvalue weighted by Gasteiger charge is 2.69. The molecule has 0 aliphatic heterocycles. The van der Waals surface area contributed by atoms with Gasteiger partial charge < -0.3 is 9.84 Å². The van der Waals surface area contributed by atoms with Crippen LogP contribution in [0.25, 0.3) is 0 Å². The topological polar surface area (TPSA) is 63.6 Å². The van der Waals surface area contributed by atoms with Gasteiger partial charge in [-0.1, -0.05) is 60.1 Å². The van der Waals surface area contributed by atoms with Gasteiger partial charge in [0.1, 0.15) is 6.10 Å². The smallest absolute Gasteiger partial charge is 0.310 e. The molecule has 0 amide bonds. The van der Waals surface area contributed by atoms with Crippen molar-refractivity contribution >= 4 is 11.9 Å². The number of hydrogen-bond acceptors (Lipinski definition) is 3. The van der Waals surface area contributed by atoms with E-state index in [0.29, 0.717) is 11.8 Å². The molecular formula is C32H50O4. The summed E-state index contributed by atoms with van der Waals surface area (Å²) in [6.07, 6.45) is 12.6. The summed E-state index contributed by atoms with van der Waals surface area (Å²) in [5, 5.41) is 10.5. The van der Waals surface area contributed by atoms with Gasteiger partial charge >= 0.3 is 11.9 Å². The Morgan fingerprint density at radius 1 is 0.889 bits per heavy atom. The number of ether oxygens (including phenoxy) is 1. The lowest BCUT2D eigenvalue weighted by Gasteiger charge is -2.71. The van der Waals surface area contributed by atoms with Crippen molar-refractivity contribution in [1.29, 1.82) is 0 Å². The zero-order chi connectivity index (χ0) is 26.5. The standard InChI is InChI=1S/C32H50O4/c1-20(33)36-25-12-13-29(6)23(28(25,4)5)11-14-31(8)24(29)10-9-21-22-19-27(2,3)15-17-32(22,26(34)35)18-16-30(21,31)7/h9,22-25H,10-19H2,1-8H3,(H,34,35)/t22-,23-,24?,25-,29-,30+,31+,32-/m0/s1. The van der Waals surface area contributed by atoms with Crippen LogP contribution in [0.1, 0.15) is 120 Å². The predicted octanol–water partition coefficient (Wildman–Crippen LogP) is 7.80. The van der Waals surface area contributed by atoms with Crippen LogP contribution < -0.4 is 0 Å². The summed E-state index contributed by atoms with van der Waals surface area (Å²) < 4.78 is 5.87. The molecule has 0 heterocycles. The molecule has 1 N–H and O–H groups in total. The lowest BCUT2D eigenvalue weighted by molar-refractivity contribution is -0.213. The number of carbonyl (C=O) groups excluding carboxylic acids is 1. The minimum atomic E-state index is -0.574. The molecular weight excluding hydrogens is 448 g/mol. The van der Waals surface area contributed by atoms with E-state index in [9.17, 15) is 14.7 Å². The number of allylic oxidation sites excluding steroid dienone is 2. The Morgan fingerprint density at radius 3 is 2.19 bits per heavy atom. The van der Waals surface area contributed by atoms with Crippen LogP contribution in [0, 0.1) is 50.2 Å². The average molecular weight is 499 g/mol. The van der Waals surface area contributed by atoms with Crippen molar-refractivity contribution in [3.05, 3.63) is 11.6 Å². The fraction of sp³-hybridized carbons (Fsp3) is 0.875. The van der Waals surface area contributed by atoms with E-state index in [1.54, 1.807) is 6.92 Å². The minimum absolute atomic E-state index is 0.00181. The number of fused-ring (bicyclic) bond motifs is 7. The van der Waals surface area contributed by atoms with E-state index in [4.69, 9.17) is 4.74 Å². The number of carboxylic acids is 1. The molecule has 0 bridgehead atoms. The van der Waals surface area contributed by atoms with Crippen LogP contribution in [-0.2, 0) is 14.3 Å². The Hall–Kier alpha value is -1.32. The van der Waals surface area contributed by atoms with Gasteiger partial charge in [0.25, 0.3) is 0 Å². The molecule has 5 aliphatic rings. The van der Waals surface area contributed by atoms with E-state index < -0.39 is 11.4 Å². The predicted molar refractivity (Wildman–Crippen MR) is 142 cm³/mol. The molecule has 0 aromatic rings. The fourth-order valence-electron chi connectivity index (χ4n) is 11.0. The van der Waals surface area contributed by atoms with Gasteiger partial charge in [0, 0.05) is 12.3 Å². The summed E-state index contributed by atoms with van der Waals surface area (Å²) in [4.78, 5) is 24.7. The third-order valence-corrected chi connectivity index (χ3v) is 13.3. The summed E-state index contributed by atoms with van der Waals surface area (Å²) in [6.45, 7) is 18.5. The normalized spacial score (nSPS) is 48.8. The highest BCUT2D eigenvalue weighted by Crippen LogP contribution is 2.75. The highest BCUT2D eigenvalue weighted by atomic mass is 16.5. The fourth-order valence-corrected chi connectivity index (χ4v) is 11.0. The molecule has 0 saturated heterocycles. The van der Waals surface area contributed by atoms with E-state index >= 15 is 0 Å². The van der Waals surface area contributed by atoms with Crippen LogP contribution in [0.4, 0.5) is 0 Å². The summed E-state index contributed by atoms with van der Waals surface area (Å²) in [5.41, 5.74) is 1.50. The van der Waals surface area contributed by atoms with E-state index in [2.05, 4.69) is 54.5 Å². The van der Waals surface area contributed by atoms with Gasteiger partial charge in [0.2, 0.25) is 0 Å². The molecule has 202 valence electrons. The van der Waals surface area contributed by atoms with Crippen LogP contribution in [-0.4, -0.2) is 23.1 Å². The molecule has 4 nitrogen and oxygen atoms in total. The molecule has 0 aromatic carbocycles. The number of rotatable bonds is 2. The lowest BCUT2D eigenvalue weighted by Crippen LogP contribution is -2.65. The summed E-state index contributed by atoms with van der Waals surface area (Å²) in [6, 6.07) is 0. The molecule has 4 fully saturated rings. The van der Waals surface area contributed by atoms with Crippen LogP contribution in [0.2, 0.25) is 0 Å². The monoisotopic (exact) mass is 498 g/mol. The van der Waals surface area contributed by atoms with Gasteiger partial charge in [-0.25, -0.2) is 0 Å². The maximum atomic E-state index is 12.8. The molecule has 1 unspecified atom stereocenters. The maximum Gasteiger partial charge on any atom is 0.310 e. The number of carbonyl (C=O) groups is 2. The molecule has 8 atom stereocenters. The Labute approximate surface area is 219 Å². The van der Waals surface area contributed by atoms with E-state index in [-0.39, 0.29) is 45.1 Å². The van der Waals surface area contributed by atoms with E-state index in [0.717, 1.165) is 57.8 Å². The second kappa shape index (κ2) is 7.85. The van der Waals surface area contributed by atoms with Crippen molar-refractivity contribution in [1.82, 2.24) is 0 Å². The molecule has 5 aliphatic carbocycles. The van der Waals surface area contributed by atoms with E-state index in [1.807, 2.05) is 0 Å². The quantitative estimate of drug-likeness (QED) is 0.311. The van der Waals surface area contributed by atoms with Gasteiger partial charge in [-0.3, -0.25) is 9.59 Å². The first-order valence-electron chi connectivity index (χ1n) is 14.6. The number of aliphatic carboxylic acids is 1. The van der Waals surface area contributed by atoms with Gasteiger partial charge in [-0.05, 0) is 104 Å². The summed E-state index contributed by atoms with van der Waals surface area (Å²) in [5.74, 6) is 0.546. The second-order valence-corrected chi connectivity index (χ2v) is 15.6. The zero-order valence-electron chi connectivity index (χ0n) is 24.1. The van der Waals surface area contributed by atoms with Crippen molar-refractivity contribution < 1.29 is 19.4 Å². The molecule has 0 aromatic heterocycles. The van der Waals surface area contributed by atoms with Gasteiger partial charge in [0.05, 0.1) is 5.41 Å². The van der Waals surface area contributed by atoms with Crippen LogP contribution in [0.5, 0.6) is 0 Å². The first-order valence-corrected chi connectivity index (χ1v) is 14.6. The Kier molecular flexibility index (Phi) is 5.74. The Bertz CT molecular complexity index is 992. The average Bonchev–Trinajstić information content (AvgIpc) is 2.75. The molecule has 4 saturated carbocycles. The van der Waals surface area contributed by atoms with Crippen molar-refractivity contribution in [2.75, 3.05) is 0 Å². The highest BCUT2D eigenvalue weighted by molar-refractivity contribution is 5.76. The molecule has 0 spiro atoms. The third kappa shape index (κ3) is 3.30. The number of hydrogen-bond donors (Lipinski definition) is 1. The Balaban J connectivity index is 1.55. The van der Waals surface area contributed by atoms with Crippen LogP contribution in [0.15, 0.2) is 11.6 Å². The largest absolute Gasteiger partial charge is 0.481 e. The van der Waals surface area contributed by atoms with Crippen molar-refractivity contribution in [2.45, 2.75) is 126 Å². The van der Waals surface area contributed by atoms with Gasteiger partial charge in [-0.2, -0.15) is 0 Å². The number of esters is 1.